The van der Waals surface area contributed by atoms with Crippen molar-refractivity contribution in [3.05, 3.63) is 59.7 Å². The van der Waals surface area contributed by atoms with E-state index >= 15 is 0 Å². The topological polar surface area (TPSA) is 75.7 Å². The first-order valence-electron chi connectivity index (χ1n) is 9.22. The summed E-state index contributed by atoms with van der Waals surface area (Å²) in [7, 11) is -0.610. The zero-order valence-electron chi connectivity index (χ0n) is 16.8. The quantitative estimate of drug-likeness (QED) is 0.696. The average molecular weight is 405 g/mol. The zero-order chi connectivity index (χ0) is 20.7. The second-order valence-electron chi connectivity index (χ2n) is 7.04. The van der Waals surface area contributed by atoms with Crippen LogP contribution in [-0.2, 0) is 16.6 Å². The van der Waals surface area contributed by atoms with Gasteiger partial charge in [0, 0.05) is 31.3 Å². The van der Waals surface area contributed by atoms with Crippen molar-refractivity contribution in [1.82, 2.24) is 9.62 Å². The number of methoxy groups -OCH3 is 1. The van der Waals surface area contributed by atoms with Crippen molar-refractivity contribution < 1.29 is 17.9 Å². The molecule has 0 aliphatic heterocycles. The Morgan fingerprint density at radius 2 is 1.82 bits per heavy atom. The molecule has 2 aromatic rings. The maximum Gasteiger partial charge on any atom is 0.251 e. The molecule has 0 radical (unpaired) electrons. The molecule has 0 unspecified atom stereocenters. The summed E-state index contributed by atoms with van der Waals surface area (Å²) in [5, 5.41) is 2.89. The second kappa shape index (κ2) is 9.71. The lowest BCUT2D eigenvalue weighted by Gasteiger charge is -2.19. The summed E-state index contributed by atoms with van der Waals surface area (Å²) in [6.07, 6.45) is 0.896. The van der Waals surface area contributed by atoms with Gasteiger partial charge in [-0.2, -0.15) is 4.31 Å². The highest BCUT2D eigenvalue weighted by Crippen LogP contribution is 2.24. The van der Waals surface area contributed by atoms with Gasteiger partial charge in [0.15, 0.2) is 0 Å². The van der Waals surface area contributed by atoms with E-state index in [0.717, 1.165) is 6.42 Å². The fraction of sp³-hybridized carbons (Fsp3) is 0.381. The maximum atomic E-state index is 12.8. The molecule has 0 fully saturated rings. The first-order valence-corrected chi connectivity index (χ1v) is 10.7. The maximum absolute atomic E-state index is 12.8. The van der Waals surface area contributed by atoms with Gasteiger partial charge in [-0.3, -0.25) is 4.79 Å². The number of nitrogens with one attached hydrogen (secondary N) is 1. The Bertz CT molecular complexity index is 896. The van der Waals surface area contributed by atoms with Crippen LogP contribution < -0.4 is 10.1 Å². The molecule has 2 rings (SSSR count). The Morgan fingerprint density at radius 1 is 1.14 bits per heavy atom. The third-order valence-electron chi connectivity index (χ3n) is 4.39. The van der Waals surface area contributed by atoms with Crippen molar-refractivity contribution >= 4 is 15.9 Å². The molecule has 152 valence electrons. The van der Waals surface area contributed by atoms with Crippen molar-refractivity contribution in [2.24, 2.45) is 5.92 Å². The van der Waals surface area contributed by atoms with E-state index in [2.05, 4.69) is 19.2 Å². The van der Waals surface area contributed by atoms with E-state index in [1.807, 2.05) is 0 Å². The predicted octanol–water partition coefficient (Wildman–Crippen LogP) is 3.29. The summed E-state index contributed by atoms with van der Waals surface area (Å²) in [6, 6.07) is 13.3. The van der Waals surface area contributed by atoms with Gasteiger partial charge >= 0.3 is 0 Å². The molecule has 0 aliphatic rings. The summed E-state index contributed by atoms with van der Waals surface area (Å²) in [4.78, 5) is 12.6. The number of amides is 1. The number of rotatable bonds is 9. The van der Waals surface area contributed by atoms with Crippen molar-refractivity contribution in [3.63, 3.8) is 0 Å². The molecule has 7 heteroatoms. The lowest BCUT2D eigenvalue weighted by molar-refractivity contribution is 0.0952. The molecule has 1 amide bonds. The Balaban J connectivity index is 2.21. The van der Waals surface area contributed by atoms with Crippen LogP contribution >= 0.6 is 0 Å². The minimum absolute atomic E-state index is 0.0908. The summed E-state index contributed by atoms with van der Waals surface area (Å²) in [5.41, 5.74) is 1.10. The van der Waals surface area contributed by atoms with Gasteiger partial charge in [0.1, 0.15) is 5.75 Å². The minimum Gasteiger partial charge on any atom is -0.496 e. The van der Waals surface area contributed by atoms with E-state index in [0.29, 0.717) is 29.3 Å². The van der Waals surface area contributed by atoms with Crippen LogP contribution in [0.3, 0.4) is 0 Å². The van der Waals surface area contributed by atoms with Crippen LogP contribution in [0.2, 0.25) is 0 Å². The minimum atomic E-state index is -3.64. The van der Waals surface area contributed by atoms with Crippen molar-refractivity contribution in [3.8, 4) is 5.75 Å². The highest BCUT2D eigenvalue weighted by molar-refractivity contribution is 7.89. The molecule has 0 saturated heterocycles. The molecule has 2 aromatic carbocycles. The SMILES string of the molecule is COc1ccc(C(=O)NCCC(C)C)cc1CN(C)S(=O)(=O)c1ccccc1. The molecule has 1 N–H and O–H groups in total. The van der Waals surface area contributed by atoms with Crippen molar-refractivity contribution in [2.75, 3.05) is 20.7 Å². The smallest absolute Gasteiger partial charge is 0.251 e. The van der Waals surface area contributed by atoms with Gasteiger partial charge in [-0.05, 0) is 42.7 Å². The predicted molar refractivity (Wildman–Crippen MR) is 110 cm³/mol. The van der Waals surface area contributed by atoms with E-state index in [1.165, 1.54) is 18.5 Å². The van der Waals surface area contributed by atoms with Gasteiger partial charge in [0.05, 0.1) is 12.0 Å². The fourth-order valence-corrected chi connectivity index (χ4v) is 3.89. The Labute approximate surface area is 167 Å². The van der Waals surface area contributed by atoms with Crippen LogP contribution in [0.25, 0.3) is 0 Å². The monoisotopic (exact) mass is 404 g/mol. The summed E-state index contributed by atoms with van der Waals surface area (Å²) in [5.74, 6) is 0.857. The molecule has 0 aliphatic carbocycles. The van der Waals surface area contributed by atoms with Crippen LogP contribution in [0.1, 0.15) is 36.2 Å². The number of carbonyl (C=O) groups is 1. The second-order valence-corrected chi connectivity index (χ2v) is 9.08. The molecular weight excluding hydrogens is 376 g/mol. The first kappa shape index (κ1) is 21.9. The number of benzene rings is 2. The molecule has 0 heterocycles. The molecule has 0 atom stereocenters. The van der Waals surface area contributed by atoms with Crippen LogP contribution in [0.15, 0.2) is 53.4 Å². The fourth-order valence-electron chi connectivity index (χ4n) is 2.72. The number of ether oxygens (including phenoxy) is 1. The number of hydrogen-bond acceptors (Lipinski definition) is 4. The van der Waals surface area contributed by atoms with E-state index < -0.39 is 10.0 Å². The lowest BCUT2D eigenvalue weighted by Crippen LogP contribution is -2.27. The number of nitrogens with zero attached hydrogens (tertiary/aromatic N) is 1. The van der Waals surface area contributed by atoms with Crippen LogP contribution in [0, 0.1) is 5.92 Å². The molecular formula is C21H28N2O4S. The normalized spacial score (nSPS) is 11.6. The summed E-state index contributed by atoms with van der Waals surface area (Å²) >= 11 is 0. The largest absolute Gasteiger partial charge is 0.496 e. The first-order chi connectivity index (χ1) is 13.3. The molecule has 0 spiro atoms. The molecule has 0 aromatic heterocycles. The van der Waals surface area contributed by atoms with E-state index in [-0.39, 0.29) is 17.3 Å². The van der Waals surface area contributed by atoms with E-state index in [9.17, 15) is 13.2 Å². The van der Waals surface area contributed by atoms with Crippen LogP contribution in [0.5, 0.6) is 5.75 Å². The van der Waals surface area contributed by atoms with Crippen LogP contribution in [0.4, 0.5) is 0 Å². The van der Waals surface area contributed by atoms with E-state index in [4.69, 9.17) is 4.74 Å². The molecule has 28 heavy (non-hydrogen) atoms. The zero-order valence-corrected chi connectivity index (χ0v) is 17.6. The highest BCUT2D eigenvalue weighted by Gasteiger charge is 2.22. The molecule has 6 nitrogen and oxygen atoms in total. The average Bonchev–Trinajstić information content (AvgIpc) is 2.68. The highest BCUT2D eigenvalue weighted by atomic mass is 32.2. The van der Waals surface area contributed by atoms with Gasteiger partial charge in [-0.1, -0.05) is 32.0 Å². The third-order valence-corrected chi connectivity index (χ3v) is 6.21. The third kappa shape index (κ3) is 5.56. The van der Waals surface area contributed by atoms with Crippen molar-refractivity contribution in [1.29, 1.82) is 0 Å². The molecule has 0 saturated carbocycles. The van der Waals surface area contributed by atoms with Crippen LogP contribution in [-0.4, -0.2) is 39.3 Å². The Hall–Kier alpha value is -2.38. The number of carbonyl (C=O) groups excluding carboxylic acids is 1. The lowest BCUT2D eigenvalue weighted by atomic mass is 10.1. The standard InChI is InChI=1S/C21H28N2O4S/c1-16(2)12-13-22-21(24)17-10-11-20(27-4)18(14-17)15-23(3)28(25,26)19-8-6-5-7-9-19/h5-11,14,16H,12-13,15H2,1-4H3,(H,22,24). The number of hydrogen-bond donors (Lipinski definition) is 1. The Morgan fingerprint density at radius 3 is 2.43 bits per heavy atom. The summed E-state index contributed by atoms with van der Waals surface area (Å²) < 4.78 is 32.1. The van der Waals surface area contributed by atoms with Crippen molar-refractivity contribution in [2.45, 2.75) is 31.7 Å². The van der Waals surface area contributed by atoms with E-state index in [1.54, 1.807) is 48.5 Å². The summed E-state index contributed by atoms with van der Waals surface area (Å²) in [6.45, 7) is 4.88. The van der Waals surface area contributed by atoms with Gasteiger partial charge in [-0.15, -0.1) is 0 Å². The number of sulfonamides is 1. The van der Waals surface area contributed by atoms with Gasteiger partial charge in [0.2, 0.25) is 10.0 Å². The van der Waals surface area contributed by atoms with Gasteiger partial charge in [0.25, 0.3) is 5.91 Å². The van der Waals surface area contributed by atoms with Gasteiger partial charge in [-0.25, -0.2) is 8.42 Å². The van der Waals surface area contributed by atoms with Gasteiger partial charge < -0.3 is 10.1 Å². The Kier molecular flexibility index (Phi) is 7.60. The molecule has 0 bridgehead atoms.